The molecular formula is C31H35N4O4S+. The van der Waals surface area contributed by atoms with Crippen LogP contribution in [0.1, 0.15) is 59.9 Å². The molecule has 0 fully saturated rings. The lowest BCUT2D eigenvalue weighted by Crippen LogP contribution is -2.54. The molecule has 2 aromatic carbocycles. The SMILES string of the molecule is Cc1cc(-c2scnc2C)ccc1CNC(=O)C1=[N+](C(=O)[C@@H](N2Cc3ccccc3C2=O)C(C)(C)C)C[C@H](O)C1. The minimum Gasteiger partial charge on any atom is -0.386 e. The summed E-state index contributed by atoms with van der Waals surface area (Å²) in [6.45, 7) is 10.4. The van der Waals surface area contributed by atoms with E-state index in [9.17, 15) is 19.5 Å². The van der Waals surface area contributed by atoms with Crippen LogP contribution in [0.25, 0.3) is 10.4 Å². The molecule has 0 aliphatic carbocycles. The first-order valence-corrected chi connectivity index (χ1v) is 14.4. The predicted molar refractivity (Wildman–Crippen MR) is 154 cm³/mol. The van der Waals surface area contributed by atoms with Gasteiger partial charge in [0.15, 0.2) is 12.6 Å². The van der Waals surface area contributed by atoms with Crippen molar-refractivity contribution in [1.82, 2.24) is 15.2 Å². The Hall–Kier alpha value is -3.69. The van der Waals surface area contributed by atoms with E-state index >= 15 is 0 Å². The number of rotatable bonds is 6. The molecule has 3 amide bonds. The Morgan fingerprint density at radius 1 is 1.20 bits per heavy atom. The largest absolute Gasteiger partial charge is 0.410 e. The number of carbonyl (C=O) groups is 3. The third-order valence-corrected chi connectivity index (χ3v) is 8.66. The van der Waals surface area contributed by atoms with Crippen molar-refractivity contribution in [1.29, 1.82) is 0 Å². The van der Waals surface area contributed by atoms with Gasteiger partial charge in [-0.2, -0.15) is 4.58 Å². The van der Waals surface area contributed by atoms with Crippen LogP contribution in [0.2, 0.25) is 0 Å². The molecule has 2 aliphatic heterocycles. The molecule has 1 aromatic heterocycles. The van der Waals surface area contributed by atoms with Crippen LogP contribution in [-0.4, -0.2) is 61.7 Å². The molecule has 0 unspecified atom stereocenters. The highest BCUT2D eigenvalue weighted by Crippen LogP contribution is 2.33. The van der Waals surface area contributed by atoms with Crippen LogP contribution in [0.5, 0.6) is 0 Å². The fourth-order valence-electron chi connectivity index (χ4n) is 5.65. The van der Waals surface area contributed by atoms with Gasteiger partial charge in [0.05, 0.1) is 22.5 Å². The van der Waals surface area contributed by atoms with E-state index in [4.69, 9.17) is 0 Å². The summed E-state index contributed by atoms with van der Waals surface area (Å²) in [7, 11) is 0. The highest BCUT2D eigenvalue weighted by molar-refractivity contribution is 7.13. The number of aromatic nitrogens is 1. The van der Waals surface area contributed by atoms with E-state index in [0.717, 1.165) is 32.8 Å². The summed E-state index contributed by atoms with van der Waals surface area (Å²) < 4.78 is 1.38. The number of benzene rings is 2. The Labute approximate surface area is 238 Å². The summed E-state index contributed by atoms with van der Waals surface area (Å²) in [5, 5.41) is 13.5. The molecule has 2 atom stereocenters. The van der Waals surface area contributed by atoms with E-state index in [0.29, 0.717) is 12.1 Å². The number of thiazole rings is 1. The van der Waals surface area contributed by atoms with Crippen molar-refractivity contribution < 1.29 is 24.1 Å². The Balaban J connectivity index is 1.37. The maximum absolute atomic E-state index is 14.1. The Kier molecular flexibility index (Phi) is 7.46. The van der Waals surface area contributed by atoms with E-state index in [2.05, 4.69) is 16.4 Å². The van der Waals surface area contributed by atoms with Gasteiger partial charge >= 0.3 is 11.8 Å². The molecule has 0 bridgehead atoms. The first kappa shape index (κ1) is 27.9. The lowest BCUT2D eigenvalue weighted by atomic mass is 9.84. The van der Waals surface area contributed by atoms with Gasteiger partial charge in [0.2, 0.25) is 0 Å². The van der Waals surface area contributed by atoms with E-state index < -0.39 is 23.5 Å². The highest BCUT2D eigenvalue weighted by Gasteiger charge is 2.50. The second-order valence-electron chi connectivity index (χ2n) is 11.7. The lowest BCUT2D eigenvalue weighted by Gasteiger charge is -2.34. The Morgan fingerprint density at radius 2 is 1.95 bits per heavy atom. The number of hydrogen-bond acceptors (Lipinski definition) is 6. The number of aliphatic hydroxyl groups is 1. The zero-order valence-corrected chi connectivity index (χ0v) is 24.3. The highest BCUT2D eigenvalue weighted by atomic mass is 32.1. The normalized spacial score (nSPS) is 17.8. The van der Waals surface area contributed by atoms with Crippen LogP contribution in [0, 0.1) is 19.3 Å². The Morgan fingerprint density at radius 3 is 2.60 bits per heavy atom. The molecule has 5 rings (SSSR count). The predicted octanol–water partition coefficient (Wildman–Crippen LogP) is 3.86. The number of nitrogens with one attached hydrogen (secondary N) is 1. The summed E-state index contributed by atoms with van der Waals surface area (Å²) in [6, 6.07) is 12.7. The molecule has 3 aromatic rings. The van der Waals surface area contributed by atoms with Crippen molar-refractivity contribution in [3.63, 3.8) is 0 Å². The molecule has 2 N–H and O–H groups in total. The number of β-amino-alcohol motifs (C(OH)–C–C–N with tert-alkyl or cyclic N) is 1. The van der Waals surface area contributed by atoms with Gasteiger partial charge in [0, 0.05) is 18.7 Å². The zero-order valence-electron chi connectivity index (χ0n) is 23.5. The molecule has 8 nitrogen and oxygen atoms in total. The van der Waals surface area contributed by atoms with E-state index in [1.807, 2.05) is 70.5 Å². The summed E-state index contributed by atoms with van der Waals surface area (Å²) >= 11 is 1.60. The van der Waals surface area contributed by atoms with Crippen LogP contribution in [0.15, 0.2) is 48.0 Å². The minimum atomic E-state index is -0.847. The molecule has 2 aliphatic rings. The molecule has 40 heavy (non-hydrogen) atoms. The number of carbonyl (C=O) groups excluding carboxylic acids is 3. The first-order valence-electron chi connectivity index (χ1n) is 13.5. The fraction of sp³-hybridized carbons (Fsp3) is 0.387. The van der Waals surface area contributed by atoms with Gasteiger partial charge in [-0.3, -0.25) is 9.59 Å². The third kappa shape index (κ3) is 5.23. The quantitative estimate of drug-likeness (QED) is 0.447. The van der Waals surface area contributed by atoms with Crippen LogP contribution in [0.4, 0.5) is 0 Å². The first-order chi connectivity index (χ1) is 19.0. The summed E-state index contributed by atoms with van der Waals surface area (Å²) in [5.41, 5.74) is 7.01. The van der Waals surface area contributed by atoms with Crippen LogP contribution in [0.3, 0.4) is 0 Å². The van der Waals surface area contributed by atoms with Gasteiger partial charge in [0.25, 0.3) is 11.6 Å². The summed E-state index contributed by atoms with van der Waals surface area (Å²) in [5.74, 6) is -0.937. The molecular weight excluding hydrogens is 524 g/mol. The average molecular weight is 560 g/mol. The maximum atomic E-state index is 14.1. The summed E-state index contributed by atoms with van der Waals surface area (Å²) in [6.07, 6.45) is -0.772. The number of aliphatic hydroxyl groups excluding tert-OH is 1. The topological polar surface area (TPSA) is 103 Å². The minimum absolute atomic E-state index is 0.0189. The number of hydrogen-bond donors (Lipinski definition) is 2. The Bertz CT molecular complexity index is 1530. The molecule has 0 radical (unpaired) electrons. The third-order valence-electron chi connectivity index (χ3n) is 7.68. The molecule has 3 heterocycles. The standard InChI is InChI=1S/C31H34N4O4S/c1-18-12-20(26-19(2)33-17-40-26)10-11-21(18)14-32-28(37)25-13-23(36)16-34(25)30(39)27(31(3,4)5)35-15-22-8-6-7-9-24(22)29(35)38/h6-12,17,23,27,36H,13-16H2,1-5H3/p+1/t23-,27-/m1/s1. The van der Waals surface area contributed by atoms with E-state index in [1.165, 1.54) is 4.58 Å². The maximum Gasteiger partial charge on any atom is 0.410 e. The monoisotopic (exact) mass is 559 g/mol. The lowest BCUT2D eigenvalue weighted by molar-refractivity contribution is -0.452. The van der Waals surface area contributed by atoms with Gasteiger partial charge in [-0.25, -0.2) is 9.78 Å². The molecule has 0 saturated heterocycles. The van der Waals surface area contributed by atoms with Crippen molar-refractivity contribution in [2.45, 2.75) is 66.3 Å². The number of amides is 3. The van der Waals surface area contributed by atoms with Crippen LogP contribution >= 0.6 is 11.3 Å². The van der Waals surface area contributed by atoms with Crippen molar-refractivity contribution in [3.05, 3.63) is 75.9 Å². The van der Waals surface area contributed by atoms with Gasteiger partial charge in [-0.15, -0.1) is 11.3 Å². The van der Waals surface area contributed by atoms with Gasteiger partial charge < -0.3 is 15.3 Å². The van der Waals surface area contributed by atoms with E-state index in [-0.39, 0.29) is 37.0 Å². The second-order valence-corrected chi connectivity index (χ2v) is 12.6. The molecule has 208 valence electrons. The van der Waals surface area contributed by atoms with Gasteiger partial charge in [-0.1, -0.05) is 57.2 Å². The number of fused-ring (bicyclic) bond motifs is 1. The van der Waals surface area contributed by atoms with Gasteiger partial charge in [-0.05, 0) is 47.6 Å². The molecule has 0 spiro atoms. The van der Waals surface area contributed by atoms with Crippen molar-refractivity contribution in [2.24, 2.45) is 5.41 Å². The van der Waals surface area contributed by atoms with E-state index in [1.54, 1.807) is 22.3 Å². The average Bonchev–Trinajstić information content (AvgIpc) is 3.59. The number of aryl methyl sites for hydroxylation is 2. The van der Waals surface area contributed by atoms with Crippen LogP contribution < -0.4 is 5.32 Å². The number of nitrogens with zero attached hydrogens (tertiary/aromatic N) is 3. The van der Waals surface area contributed by atoms with Crippen molar-refractivity contribution in [2.75, 3.05) is 6.54 Å². The fourth-order valence-corrected chi connectivity index (χ4v) is 6.46. The molecule has 9 heteroatoms. The van der Waals surface area contributed by atoms with Crippen molar-refractivity contribution >= 4 is 34.8 Å². The second kappa shape index (κ2) is 10.7. The molecule has 0 saturated carbocycles. The zero-order chi connectivity index (χ0) is 28.8. The van der Waals surface area contributed by atoms with Crippen LogP contribution in [-0.2, 0) is 22.7 Å². The summed E-state index contributed by atoms with van der Waals surface area (Å²) in [4.78, 5) is 47.8. The van der Waals surface area contributed by atoms with Gasteiger partial charge in [0.1, 0.15) is 6.10 Å². The van der Waals surface area contributed by atoms with Crippen molar-refractivity contribution in [3.8, 4) is 10.4 Å². The smallest absolute Gasteiger partial charge is 0.386 e.